The van der Waals surface area contributed by atoms with Crippen LogP contribution in [0.15, 0.2) is 24.3 Å². The maximum Gasteiger partial charge on any atom is 0.491 e. The molecule has 15 nitrogen and oxygen atoms in total. The number of hydrogen-bond acceptors (Lipinski definition) is 11. The molecule has 244 valence electrons. The van der Waals surface area contributed by atoms with Crippen molar-refractivity contribution in [2.24, 2.45) is 0 Å². The molecule has 19 heteroatoms. The number of carbonyl (C=O) groups is 6. The second-order valence-corrected chi connectivity index (χ2v) is 11.3. The maximum atomic E-state index is 14.8. The van der Waals surface area contributed by atoms with E-state index in [0.29, 0.717) is 5.06 Å². The van der Waals surface area contributed by atoms with Crippen LogP contribution >= 0.6 is 0 Å². The first-order valence-electron chi connectivity index (χ1n) is 14.6. The molecule has 47 heavy (non-hydrogen) atoms. The van der Waals surface area contributed by atoms with Gasteiger partial charge in [-0.1, -0.05) is 0 Å². The third-order valence-corrected chi connectivity index (χ3v) is 8.30. The lowest BCUT2D eigenvalue weighted by molar-refractivity contribution is -0.197. The molecule has 0 unspecified atom stereocenters. The summed E-state index contributed by atoms with van der Waals surface area (Å²) in [5.41, 5.74) is 0.00174. The summed E-state index contributed by atoms with van der Waals surface area (Å²) in [5, 5.41) is 25.5. The van der Waals surface area contributed by atoms with Gasteiger partial charge in [-0.2, -0.15) is 0 Å². The second kappa shape index (κ2) is 12.8. The molecule has 4 aliphatic rings. The van der Waals surface area contributed by atoms with E-state index < -0.39 is 79.9 Å². The predicted octanol–water partition coefficient (Wildman–Crippen LogP) is -2.47. The van der Waals surface area contributed by atoms with Crippen LogP contribution in [0.25, 0.3) is 0 Å². The maximum absolute atomic E-state index is 14.8. The SMILES string of the molecule is O=C(CCNC(=O)[C@@H]1C[C@@H](NC(=O)c2cc(F)c3c(c2)B(O)OC3)CN1C(=O)c1cc(F)c2c(c1)B(O)OC2)ON1C(=O)CCC1=O. The standard InChI is InChI=1S/C28H26B2F2N4O11/c31-20-7-13(5-18-16(20)11-45-29(18)43)26(40)34-15-9-22(27(41)33-4-3-25(39)47-36-23(37)1-2-24(36)38)35(10-15)28(42)14-6-19-17(21(32)8-14)12-46-30(19)44/h5-8,15,22,43-44H,1-4,9-12H2,(H,33,41)(H,34,40)/t15-,22+/m1/s1. The second-order valence-electron chi connectivity index (χ2n) is 11.3. The summed E-state index contributed by atoms with van der Waals surface area (Å²) in [6.07, 6.45) is -0.756. The lowest BCUT2D eigenvalue weighted by Crippen LogP contribution is -2.47. The van der Waals surface area contributed by atoms with Gasteiger partial charge in [0.25, 0.3) is 23.6 Å². The first kappa shape index (κ1) is 32.2. The van der Waals surface area contributed by atoms with Gasteiger partial charge in [0.2, 0.25) is 5.91 Å². The Morgan fingerprint density at radius 3 is 2.11 bits per heavy atom. The van der Waals surface area contributed by atoms with Gasteiger partial charge in [-0.15, -0.1) is 5.06 Å². The van der Waals surface area contributed by atoms with E-state index in [9.17, 15) is 47.6 Å². The van der Waals surface area contributed by atoms with Gasteiger partial charge < -0.3 is 39.7 Å². The van der Waals surface area contributed by atoms with Crippen molar-refractivity contribution in [3.8, 4) is 0 Å². The number of benzene rings is 2. The number of halogens is 2. The molecule has 0 saturated carbocycles. The summed E-state index contributed by atoms with van der Waals surface area (Å²) in [5.74, 6) is -6.18. The fourth-order valence-electron chi connectivity index (χ4n) is 5.88. The summed E-state index contributed by atoms with van der Waals surface area (Å²) in [6.45, 7) is -0.909. The first-order chi connectivity index (χ1) is 22.4. The van der Waals surface area contributed by atoms with Crippen molar-refractivity contribution in [2.45, 2.75) is 51.0 Å². The zero-order valence-electron chi connectivity index (χ0n) is 24.5. The van der Waals surface area contributed by atoms with Crippen LogP contribution in [0.5, 0.6) is 0 Å². The van der Waals surface area contributed by atoms with Gasteiger partial charge in [0.15, 0.2) is 0 Å². The number of imide groups is 1. The fourth-order valence-corrected chi connectivity index (χ4v) is 5.88. The highest BCUT2D eigenvalue weighted by Gasteiger charge is 2.42. The highest BCUT2D eigenvalue weighted by Crippen LogP contribution is 2.24. The summed E-state index contributed by atoms with van der Waals surface area (Å²) in [7, 11) is -2.87. The number of carbonyl (C=O) groups excluding carboxylic acids is 6. The Kier molecular flexibility index (Phi) is 8.80. The number of rotatable bonds is 8. The Labute approximate surface area is 265 Å². The summed E-state index contributed by atoms with van der Waals surface area (Å²) in [6, 6.07) is 2.34. The molecule has 0 bridgehead atoms. The number of amides is 5. The summed E-state index contributed by atoms with van der Waals surface area (Å²) >= 11 is 0. The monoisotopic (exact) mass is 654 g/mol. The van der Waals surface area contributed by atoms with Crippen LogP contribution in [0.3, 0.4) is 0 Å². The van der Waals surface area contributed by atoms with Crippen molar-refractivity contribution < 1.29 is 61.7 Å². The van der Waals surface area contributed by atoms with Gasteiger partial charge in [-0.3, -0.25) is 24.0 Å². The van der Waals surface area contributed by atoms with Gasteiger partial charge in [0.05, 0.1) is 19.6 Å². The number of likely N-dealkylation sites (tertiary alicyclic amines) is 1. The molecular formula is C28H26B2F2N4O11. The molecule has 0 spiro atoms. The molecule has 0 aromatic heterocycles. The minimum Gasteiger partial charge on any atom is -0.423 e. The van der Waals surface area contributed by atoms with E-state index in [4.69, 9.17) is 14.1 Å². The van der Waals surface area contributed by atoms with Crippen molar-refractivity contribution >= 4 is 60.7 Å². The first-order valence-corrected chi connectivity index (χ1v) is 14.6. The van der Waals surface area contributed by atoms with E-state index in [2.05, 4.69) is 10.6 Å². The van der Waals surface area contributed by atoms with Gasteiger partial charge >= 0.3 is 20.2 Å². The number of hydroxylamine groups is 2. The van der Waals surface area contributed by atoms with Gasteiger partial charge in [0, 0.05) is 54.2 Å². The van der Waals surface area contributed by atoms with E-state index in [-0.39, 0.29) is 78.7 Å². The van der Waals surface area contributed by atoms with Crippen LogP contribution in [0.1, 0.15) is 57.5 Å². The molecule has 2 atom stereocenters. The van der Waals surface area contributed by atoms with Crippen molar-refractivity contribution in [2.75, 3.05) is 13.1 Å². The number of nitrogens with one attached hydrogen (secondary N) is 2. The third-order valence-electron chi connectivity index (χ3n) is 8.30. The molecule has 5 amide bonds. The fraction of sp³-hybridized carbons (Fsp3) is 0.357. The lowest BCUT2D eigenvalue weighted by Gasteiger charge is -2.24. The van der Waals surface area contributed by atoms with E-state index >= 15 is 0 Å². The molecule has 4 heterocycles. The Balaban J connectivity index is 1.17. The van der Waals surface area contributed by atoms with E-state index in [1.807, 2.05) is 0 Å². The lowest BCUT2D eigenvalue weighted by atomic mass is 9.78. The topological polar surface area (TPSA) is 201 Å². The zero-order chi connectivity index (χ0) is 33.6. The number of hydrogen-bond donors (Lipinski definition) is 4. The highest BCUT2D eigenvalue weighted by atomic mass is 19.1. The Morgan fingerprint density at radius 2 is 1.49 bits per heavy atom. The molecule has 2 fully saturated rings. The van der Waals surface area contributed by atoms with Crippen LogP contribution in [-0.2, 0) is 46.5 Å². The minimum absolute atomic E-state index is 0.0525. The van der Waals surface area contributed by atoms with Gasteiger partial charge in [-0.25, -0.2) is 13.6 Å². The molecule has 2 aromatic carbocycles. The largest absolute Gasteiger partial charge is 0.491 e. The molecular weight excluding hydrogens is 628 g/mol. The van der Waals surface area contributed by atoms with Crippen LogP contribution in [0.4, 0.5) is 8.78 Å². The van der Waals surface area contributed by atoms with E-state index in [0.717, 1.165) is 17.0 Å². The predicted molar refractivity (Wildman–Crippen MR) is 153 cm³/mol. The molecule has 2 saturated heterocycles. The number of nitrogens with zero attached hydrogens (tertiary/aromatic N) is 2. The smallest absolute Gasteiger partial charge is 0.423 e. The molecule has 0 aliphatic carbocycles. The van der Waals surface area contributed by atoms with Crippen molar-refractivity contribution in [1.29, 1.82) is 0 Å². The Bertz CT molecular complexity index is 1700. The quantitative estimate of drug-likeness (QED) is 0.174. The van der Waals surface area contributed by atoms with Gasteiger partial charge in [0.1, 0.15) is 17.7 Å². The average molecular weight is 654 g/mol. The van der Waals surface area contributed by atoms with Crippen LogP contribution < -0.4 is 21.6 Å². The Hall–Kier alpha value is -4.71. The van der Waals surface area contributed by atoms with Crippen molar-refractivity contribution in [3.05, 3.63) is 58.2 Å². The van der Waals surface area contributed by atoms with Crippen LogP contribution in [-0.4, -0.2) is 94.9 Å². The molecule has 6 rings (SSSR count). The Morgan fingerprint density at radius 1 is 0.915 bits per heavy atom. The summed E-state index contributed by atoms with van der Waals surface area (Å²) in [4.78, 5) is 81.5. The zero-order valence-corrected chi connectivity index (χ0v) is 24.5. The number of fused-ring (bicyclic) bond motifs is 2. The van der Waals surface area contributed by atoms with Crippen LogP contribution in [0, 0.1) is 11.6 Å². The molecule has 4 aliphatic heterocycles. The van der Waals surface area contributed by atoms with E-state index in [1.54, 1.807) is 0 Å². The summed E-state index contributed by atoms with van der Waals surface area (Å²) < 4.78 is 39.5. The van der Waals surface area contributed by atoms with Crippen LogP contribution in [0.2, 0.25) is 0 Å². The average Bonchev–Trinajstić information content (AvgIpc) is 3.81. The van der Waals surface area contributed by atoms with Crippen molar-refractivity contribution in [3.63, 3.8) is 0 Å². The molecule has 2 aromatic rings. The molecule has 4 N–H and O–H groups in total. The van der Waals surface area contributed by atoms with Gasteiger partial charge in [-0.05, 0) is 41.6 Å². The minimum atomic E-state index is -1.46. The van der Waals surface area contributed by atoms with Crippen molar-refractivity contribution in [1.82, 2.24) is 20.6 Å². The normalized spacial score (nSPS) is 20.1. The molecule has 0 radical (unpaired) electrons. The van der Waals surface area contributed by atoms with E-state index in [1.165, 1.54) is 12.1 Å². The third kappa shape index (κ3) is 6.34. The highest BCUT2D eigenvalue weighted by molar-refractivity contribution is 6.62.